The lowest BCUT2D eigenvalue weighted by Crippen LogP contribution is -2.26. The molecule has 0 saturated carbocycles. The summed E-state index contributed by atoms with van der Waals surface area (Å²) in [5.74, 6) is -0.746. The lowest BCUT2D eigenvalue weighted by atomic mass is 10.2. The third-order valence-corrected chi connectivity index (χ3v) is 2.83. The van der Waals surface area contributed by atoms with E-state index in [-0.39, 0.29) is 29.7 Å². The first-order valence-corrected chi connectivity index (χ1v) is 6.13. The van der Waals surface area contributed by atoms with E-state index in [1.165, 1.54) is 24.3 Å². The molecule has 0 bridgehead atoms. The number of benzene rings is 1. The van der Waals surface area contributed by atoms with E-state index in [1.54, 1.807) is 12.1 Å². The van der Waals surface area contributed by atoms with Gasteiger partial charge in [0.25, 0.3) is 11.8 Å². The smallest absolute Gasteiger partial charge is 0.263 e. The van der Waals surface area contributed by atoms with Gasteiger partial charge in [0.1, 0.15) is 11.6 Å². The molecular formula is C14H10FN3O3. The fraction of sp³-hybridized carbons (Fsp3) is 0.0714. The number of halogens is 1. The first kappa shape index (κ1) is 13.0. The largest absolute Gasteiger partial charge is 0.480 e. The van der Waals surface area contributed by atoms with Crippen molar-refractivity contribution in [3.05, 3.63) is 47.8 Å². The molecule has 0 unspecified atom stereocenters. The first-order valence-electron chi connectivity index (χ1n) is 6.13. The van der Waals surface area contributed by atoms with Crippen molar-refractivity contribution in [2.45, 2.75) is 0 Å². The number of anilines is 2. The first-order chi connectivity index (χ1) is 10.1. The number of aromatic nitrogens is 1. The average molecular weight is 287 g/mol. The summed E-state index contributed by atoms with van der Waals surface area (Å²) in [6, 6.07) is 8.70. The molecule has 6 nitrogen and oxygen atoms in total. The minimum Gasteiger partial charge on any atom is -0.480 e. The molecule has 0 spiro atoms. The second-order valence-corrected chi connectivity index (χ2v) is 4.31. The number of amides is 2. The van der Waals surface area contributed by atoms with E-state index in [9.17, 15) is 14.0 Å². The van der Waals surface area contributed by atoms with Crippen LogP contribution < -0.4 is 15.4 Å². The van der Waals surface area contributed by atoms with Gasteiger partial charge in [0.05, 0.1) is 5.56 Å². The van der Waals surface area contributed by atoms with Gasteiger partial charge in [-0.1, -0.05) is 12.1 Å². The fourth-order valence-corrected chi connectivity index (χ4v) is 1.86. The number of pyridine rings is 1. The van der Waals surface area contributed by atoms with Crippen LogP contribution in [0.5, 0.6) is 5.75 Å². The fourth-order valence-electron chi connectivity index (χ4n) is 1.86. The number of nitrogens with one attached hydrogen (secondary N) is 2. The third kappa shape index (κ3) is 2.66. The van der Waals surface area contributed by atoms with E-state index in [0.29, 0.717) is 5.75 Å². The third-order valence-electron chi connectivity index (χ3n) is 2.83. The van der Waals surface area contributed by atoms with Crippen LogP contribution >= 0.6 is 0 Å². The van der Waals surface area contributed by atoms with Crippen molar-refractivity contribution in [2.24, 2.45) is 0 Å². The molecule has 0 aliphatic carbocycles. The van der Waals surface area contributed by atoms with Gasteiger partial charge in [0, 0.05) is 0 Å². The molecule has 7 heteroatoms. The summed E-state index contributed by atoms with van der Waals surface area (Å²) in [5, 5.41) is 4.99. The highest BCUT2D eigenvalue weighted by Gasteiger charge is 2.18. The molecule has 0 fully saturated rings. The number of carbonyl (C=O) groups excluding carboxylic acids is 2. The van der Waals surface area contributed by atoms with E-state index >= 15 is 0 Å². The zero-order valence-corrected chi connectivity index (χ0v) is 10.7. The topological polar surface area (TPSA) is 80.3 Å². The predicted molar refractivity (Wildman–Crippen MR) is 72.7 cm³/mol. The molecule has 2 heterocycles. The summed E-state index contributed by atoms with van der Waals surface area (Å²) in [7, 11) is 0. The van der Waals surface area contributed by atoms with Gasteiger partial charge in [-0.3, -0.25) is 9.59 Å². The maximum Gasteiger partial charge on any atom is 0.263 e. The maximum absolute atomic E-state index is 13.5. The van der Waals surface area contributed by atoms with Gasteiger partial charge in [-0.05, 0) is 24.3 Å². The molecule has 1 aromatic carbocycles. The van der Waals surface area contributed by atoms with Gasteiger partial charge >= 0.3 is 0 Å². The summed E-state index contributed by atoms with van der Waals surface area (Å²) in [6.45, 7) is -0.0738. The van der Waals surface area contributed by atoms with Crippen molar-refractivity contribution in [2.75, 3.05) is 17.2 Å². The molecule has 2 N–H and O–H groups in total. The van der Waals surface area contributed by atoms with Crippen LogP contribution in [0.4, 0.5) is 16.0 Å². The Labute approximate surface area is 118 Å². The van der Waals surface area contributed by atoms with Crippen LogP contribution in [-0.2, 0) is 4.79 Å². The average Bonchev–Trinajstić information content (AvgIpc) is 2.47. The number of carbonyl (C=O) groups is 2. The minimum atomic E-state index is -0.622. The Morgan fingerprint density at radius 2 is 2.10 bits per heavy atom. The van der Waals surface area contributed by atoms with Crippen molar-refractivity contribution in [1.82, 2.24) is 4.98 Å². The minimum absolute atomic E-state index is 0.0738. The molecule has 106 valence electrons. The zero-order chi connectivity index (χ0) is 14.8. The summed E-state index contributed by atoms with van der Waals surface area (Å²) in [6.07, 6.45) is 0. The Kier molecular flexibility index (Phi) is 3.23. The maximum atomic E-state index is 13.5. The highest BCUT2D eigenvalue weighted by Crippen LogP contribution is 2.27. The van der Waals surface area contributed by atoms with E-state index in [2.05, 4.69) is 15.6 Å². The van der Waals surface area contributed by atoms with Crippen LogP contribution in [0.1, 0.15) is 10.4 Å². The number of nitrogens with zero attached hydrogens (tertiary/aromatic N) is 1. The lowest BCUT2D eigenvalue weighted by molar-refractivity contribution is -0.118. The molecule has 0 atom stereocenters. The van der Waals surface area contributed by atoms with Crippen molar-refractivity contribution >= 4 is 23.5 Å². The second-order valence-electron chi connectivity index (χ2n) is 4.31. The Balaban J connectivity index is 1.82. The van der Waals surface area contributed by atoms with E-state index in [1.807, 2.05) is 0 Å². The van der Waals surface area contributed by atoms with Gasteiger partial charge in [-0.15, -0.1) is 0 Å². The molecule has 0 radical (unpaired) electrons. The highest BCUT2D eigenvalue weighted by molar-refractivity contribution is 6.04. The summed E-state index contributed by atoms with van der Waals surface area (Å²) < 4.78 is 18.7. The number of hydrogen-bond acceptors (Lipinski definition) is 4. The Bertz CT molecular complexity index is 733. The van der Waals surface area contributed by atoms with E-state index in [4.69, 9.17) is 4.74 Å². The summed E-state index contributed by atoms with van der Waals surface area (Å²) >= 11 is 0. The molecule has 0 saturated heterocycles. The van der Waals surface area contributed by atoms with Gasteiger partial charge < -0.3 is 15.4 Å². The van der Waals surface area contributed by atoms with Crippen LogP contribution in [0.2, 0.25) is 0 Å². The molecule has 1 aliphatic heterocycles. The van der Waals surface area contributed by atoms with Crippen molar-refractivity contribution < 1.29 is 18.7 Å². The standard InChI is InChI=1S/C14H10FN3O3/c15-9-4-2-1-3-8(9)14(20)17-11-6-5-10-13(16-11)18-12(19)7-21-10/h1-6H,7H2,(H2,16,17,18,19,20). The predicted octanol–water partition coefficient (Wildman–Crippen LogP) is 1.80. The van der Waals surface area contributed by atoms with Crippen molar-refractivity contribution in [3.63, 3.8) is 0 Å². The SMILES string of the molecule is O=C1COc2ccc(NC(=O)c3ccccc3F)nc2N1. The van der Waals surface area contributed by atoms with Crippen LogP contribution in [0.25, 0.3) is 0 Å². The number of hydrogen-bond donors (Lipinski definition) is 2. The zero-order valence-electron chi connectivity index (χ0n) is 10.7. The molecule has 3 rings (SSSR count). The molecule has 1 aliphatic rings. The van der Waals surface area contributed by atoms with Gasteiger partial charge in [0.2, 0.25) is 0 Å². The van der Waals surface area contributed by atoms with Crippen molar-refractivity contribution in [1.29, 1.82) is 0 Å². The number of fused-ring (bicyclic) bond motifs is 1. The summed E-state index contributed by atoms with van der Waals surface area (Å²) in [5.41, 5.74) is -0.0858. The molecule has 2 aromatic rings. The normalized spacial score (nSPS) is 12.9. The van der Waals surface area contributed by atoms with Gasteiger partial charge in [0.15, 0.2) is 18.2 Å². The second kappa shape index (κ2) is 5.20. The Hall–Kier alpha value is -2.96. The van der Waals surface area contributed by atoms with Crippen LogP contribution in [0.3, 0.4) is 0 Å². The van der Waals surface area contributed by atoms with Crippen LogP contribution in [-0.4, -0.2) is 23.4 Å². The molecule has 21 heavy (non-hydrogen) atoms. The van der Waals surface area contributed by atoms with Gasteiger partial charge in [-0.2, -0.15) is 0 Å². The van der Waals surface area contributed by atoms with Crippen LogP contribution in [0.15, 0.2) is 36.4 Å². The van der Waals surface area contributed by atoms with Gasteiger partial charge in [-0.25, -0.2) is 9.37 Å². The Morgan fingerprint density at radius 3 is 2.90 bits per heavy atom. The molecular weight excluding hydrogens is 277 g/mol. The summed E-state index contributed by atoms with van der Waals surface area (Å²) in [4.78, 5) is 27.2. The van der Waals surface area contributed by atoms with E-state index in [0.717, 1.165) is 0 Å². The number of rotatable bonds is 2. The molecule has 1 aromatic heterocycles. The monoisotopic (exact) mass is 287 g/mol. The highest BCUT2D eigenvalue weighted by atomic mass is 19.1. The van der Waals surface area contributed by atoms with Crippen molar-refractivity contribution in [3.8, 4) is 5.75 Å². The molecule has 2 amide bonds. The quantitative estimate of drug-likeness (QED) is 0.882. The van der Waals surface area contributed by atoms with E-state index < -0.39 is 11.7 Å². The Morgan fingerprint density at radius 1 is 1.29 bits per heavy atom. The lowest BCUT2D eigenvalue weighted by Gasteiger charge is -2.17. The number of ether oxygens (including phenoxy) is 1. The van der Waals surface area contributed by atoms with Crippen LogP contribution in [0, 0.1) is 5.82 Å².